The number of nitrogens with zero attached hydrogens (tertiary/aromatic N) is 1. The van der Waals surface area contributed by atoms with Crippen molar-refractivity contribution in [1.29, 1.82) is 0 Å². The molecule has 5 heteroatoms. The van der Waals surface area contributed by atoms with Gasteiger partial charge >= 0.3 is 0 Å². The fraction of sp³-hybridized carbons (Fsp3) is 0.591. The molecule has 2 N–H and O–H groups in total. The van der Waals surface area contributed by atoms with E-state index in [0.29, 0.717) is 18.2 Å². The van der Waals surface area contributed by atoms with Crippen LogP contribution >= 0.6 is 0 Å². The number of hydrogen-bond acceptors (Lipinski definition) is 3. The van der Waals surface area contributed by atoms with E-state index in [1.54, 1.807) is 0 Å². The van der Waals surface area contributed by atoms with Gasteiger partial charge in [0.1, 0.15) is 11.4 Å². The maximum absolute atomic E-state index is 12.9. The summed E-state index contributed by atoms with van der Waals surface area (Å²) in [4.78, 5) is 18.1. The minimum Gasteiger partial charge on any atom is -0.494 e. The van der Waals surface area contributed by atoms with Crippen LogP contribution < -0.4 is 4.74 Å². The van der Waals surface area contributed by atoms with E-state index in [1.165, 1.54) is 0 Å². The number of ether oxygens (including phenoxy) is 1. The lowest BCUT2D eigenvalue weighted by molar-refractivity contribution is 0.0357. The Morgan fingerprint density at radius 1 is 1.30 bits per heavy atom. The molecule has 2 aromatic rings. The highest BCUT2D eigenvalue weighted by Crippen LogP contribution is 2.28. The zero-order valence-corrected chi connectivity index (χ0v) is 16.8. The molecular formula is C22H32N2O3. The molecule has 0 spiro atoms. The Kier molecular flexibility index (Phi) is 6.10. The van der Waals surface area contributed by atoms with Gasteiger partial charge in [0.15, 0.2) is 0 Å². The molecule has 1 fully saturated rings. The van der Waals surface area contributed by atoms with Crippen LogP contribution in [0.2, 0.25) is 0 Å². The van der Waals surface area contributed by atoms with Crippen molar-refractivity contribution in [2.45, 2.75) is 58.5 Å². The van der Waals surface area contributed by atoms with Crippen molar-refractivity contribution in [1.82, 2.24) is 9.88 Å². The third-order valence-corrected chi connectivity index (χ3v) is 5.28. The molecule has 0 saturated carbocycles. The van der Waals surface area contributed by atoms with Gasteiger partial charge in [-0.1, -0.05) is 13.3 Å². The Morgan fingerprint density at radius 2 is 2.04 bits per heavy atom. The van der Waals surface area contributed by atoms with Crippen molar-refractivity contribution in [3.05, 3.63) is 30.0 Å². The van der Waals surface area contributed by atoms with Gasteiger partial charge < -0.3 is 19.7 Å². The quantitative estimate of drug-likeness (QED) is 0.710. The minimum atomic E-state index is -0.634. The van der Waals surface area contributed by atoms with Crippen molar-refractivity contribution in [2.24, 2.45) is 5.92 Å². The second-order valence-electron chi connectivity index (χ2n) is 8.39. The second-order valence-corrected chi connectivity index (χ2v) is 8.39. The summed E-state index contributed by atoms with van der Waals surface area (Å²) in [7, 11) is 0. The normalized spacial score (nSPS) is 16.1. The Morgan fingerprint density at radius 3 is 2.70 bits per heavy atom. The van der Waals surface area contributed by atoms with E-state index in [9.17, 15) is 9.90 Å². The standard InChI is InChI=1S/C22H32N2O3/c1-4-5-12-27-18-7-6-17-13-20(23-19(17)14-18)21(25)24-10-8-16(9-11-24)15-22(2,3)26/h6-7,13-14,16,23,26H,4-5,8-12,15H2,1-3H3. The zero-order valence-electron chi connectivity index (χ0n) is 16.8. The molecule has 0 radical (unpaired) electrons. The first-order valence-electron chi connectivity index (χ1n) is 10.1. The van der Waals surface area contributed by atoms with E-state index < -0.39 is 5.60 Å². The highest BCUT2D eigenvalue weighted by Gasteiger charge is 2.28. The van der Waals surface area contributed by atoms with Gasteiger partial charge in [0.05, 0.1) is 12.2 Å². The smallest absolute Gasteiger partial charge is 0.270 e. The van der Waals surface area contributed by atoms with Gasteiger partial charge in [-0.3, -0.25) is 4.79 Å². The molecule has 3 rings (SSSR count). The third-order valence-electron chi connectivity index (χ3n) is 5.28. The van der Waals surface area contributed by atoms with Gasteiger partial charge in [0, 0.05) is 30.1 Å². The molecule has 1 amide bonds. The summed E-state index contributed by atoms with van der Waals surface area (Å²) in [6.07, 6.45) is 4.84. The highest BCUT2D eigenvalue weighted by atomic mass is 16.5. The average molecular weight is 373 g/mol. The van der Waals surface area contributed by atoms with Crippen molar-refractivity contribution < 1.29 is 14.6 Å². The lowest BCUT2D eigenvalue weighted by atomic mass is 9.86. The molecule has 27 heavy (non-hydrogen) atoms. The number of likely N-dealkylation sites (tertiary alicyclic amines) is 1. The fourth-order valence-electron chi connectivity index (χ4n) is 3.86. The van der Waals surface area contributed by atoms with E-state index in [4.69, 9.17) is 4.74 Å². The number of carbonyl (C=O) groups excluding carboxylic acids is 1. The summed E-state index contributed by atoms with van der Waals surface area (Å²) in [5.74, 6) is 1.38. The maximum atomic E-state index is 12.9. The molecule has 0 aliphatic carbocycles. The molecule has 148 valence electrons. The number of amides is 1. The predicted octanol–water partition coefficient (Wildman–Crippen LogP) is 4.36. The number of carbonyl (C=O) groups is 1. The first-order chi connectivity index (χ1) is 12.9. The molecule has 0 bridgehead atoms. The van der Waals surface area contributed by atoms with Gasteiger partial charge in [-0.25, -0.2) is 0 Å². The number of fused-ring (bicyclic) bond motifs is 1. The summed E-state index contributed by atoms with van der Waals surface area (Å²) < 4.78 is 5.76. The molecule has 1 aromatic carbocycles. The van der Waals surface area contributed by atoms with Crippen LogP contribution in [-0.4, -0.2) is 46.2 Å². The number of unbranched alkanes of at least 4 members (excludes halogenated alkanes) is 1. The minimum absolute atomic E-state index is 0.0568. The number of benzene rings is 1. The molecule has 1 aliphatic heterocycles. The largest absolute Gasteiger partial charge is 0.494 e. The summed E-state index contributed by atoms with van der Waals surface area (Å²) in [6, 6.07) is 7.86. The number of aromatic nitrogens is 1. The molecule has 2 heterocycles. The Bertz CT molecular complexity index is 767. The van der Waals surface area contributed by atoms with Crippen molar-refractivity contribution in [2.75, 3.05) is 19.7 Å². The third kappa shape index (κ3) is 5.25. The van der Waals surface area contributed by atoms with Crippen LogP contribution in [0.4, 0.5) is 0 Å². The summed E-state index contributed by atoms with van der Waals surface area (Å²) >= 11 is 0. The molecule has 0 atom stereocenters. The first-order valence-corrected chi connectivity index (χ1v) is 10.1. The average Bonchev–Trinajstić information content (AvgIpc) is 3.04. The van der Waals surface area contributed by atoms with Gasteiger partial charge in [-0.05, 0) is 63.6 Å². The number of aliphatic hydroxyl groups is 1. The lowest BCUT2D eigenvalue weighted by Crippen LogP contribution is -2.40. The Balaban J connectivity index is 1.62. The van der Waals surface area contributed by atoms with Gasteiger partial charge in [0.25, 0.3) is 5.91 Å². The van der Waals surface area contributed by atoms with Crippen LogP contribution in [0, 0.1) is 5.92 Å². The number of rotatable bonds is 7. The van der Waals surface area contributed by atoms with E-state index >= 15 is 0 Å². The maximum Gasteiger partial charge on any atom is 0.270 e. The topological polar surface area (TPSA) is 65.6 Å². The van der Waals surface area contributed by atoms with E-state index in [-0.39, 0.29) is 5.91 Å². The predicted molar refractivity (Wildman–Crippen MR) is 108 cm³/mol. The van der Waals surface area contributed by atoms with Crippen molar-refractivity contribution in [3.63, 3.8) is 0 Å². The first kappa shape index (κ1) is 19.7. The number of hydrogen-bond donors (Lipinski definition) is 2. The van der Waals surface area contributed by atoms with Crippen LogP contribution in [0.5, 0.6) is 5.75 Å². The molecule has 1 saturated heterocycles. The monoisotopic (exact) mass is 372 g/mol. The SMILES string of the molecule is CCCCOc1ccc2cc(C(=O)N3CCC(CC(C)(C)O)CC3)[nH]c2c1. The Hall–Kier alpha value is -2.01. The molecule has 1 aromatic heterocycles. The van der Waals surface area contributed by atoms with E-state index in [0.717, 1.165) is 61.8 Å². The summed E-state index contributed by atoms with van der Waals surface area (Å²) in [6.45, 7) is 8.07. The number of piperidine rings is 1. The van der Waals surface area contributed by atoms with Crippen molar-refractivity contribution >= 4 is 16.8 Å². The summed E-state index contributed by atoms with van der Waals surface area (Å²) in [5.41, 5.74) is 0.936. The Labute approximate surface area is 161 Å². The van der Waals surface area contributed by atoms with Crippen LogP contribution in [0.3, 0.4) is 0 Å². The molecule has 5 nitrogen and oxygen atoms in total. The van der Waals surface area contributed by atoms with Gasteiger partial charge in [0.2, 0.25) is 0 Å². The number of nitrogens with one attached hydrogen (secondary N) is 1. The van der Waals surface area contributed by atoms with Crippen LogP contribution in [0.1, 0.15) is 63.4 Å². The van der Waals surface area contributed by atoms with Crippen LogP contribution in [0.15, 0.2) is 24.3 Å². The fourth-order valence-corrected chi connectivity index (χ4v) is 3.86. The number of H-pyrrole nitrogens is 1. The van der Waals surface area contributed by atoms with E-state index in [2.05, 4.69) is 11.9 Å². The van der Waals surface area contributed by atoms with Crippen LogP contribution in [0.25, 0.3) is 10.9 Å². The van der Waals surface area contributed by atoms with Crippen LogP contribution in [-0.2, 0) is 0 Å². The van der Waals surface area contributed by atoms with Gasteiger partial charge in [-0.2, -0.15) is 0 Å². The molecular weight excluding hydrogens is 340 g/mol. The molecule has 0 unspecified atom stereocenters. The van der Waals surface area contributed by atoms with E-state index in [1.807, 2.05) is 43.0 Å². The van der Waals surface area contributed by atoms with Crippen molar-refractivity contribution in [3.8, 4) is 5.75 Å². The lowest BCUT2D eigenvalue weighted by Gasteiger charge is -2.34. The van der Waals surface area contributed by atoms with Gasteiger partial charge in [-0.15, -0.1) is 0 Å². The zero-order chi connectivity index (χ0) is 19.4. The second kappa shape index (κ2) is 8.34. The molecule has 1 aliphatic rings. The summed E-state index contributed by atoms with van der Waals surface area (Å²) in [5, 5.41) is 11.0. The highest BCUT2D eigenvalue weighted by molar-refractivity contribution is 5.98. The number of aromatic amines is 1.